The molecular weight excluding hydrogens is 442 g/mol. The summed E-state index contributed by atoms with van der Waals surface area (Å²) in [4.78, 5) is 26.5. The molecule has 0 unspecified atom stereocenters. The van der Waals surface area contributed by atoms with Gasteiger partial charge in [0.05, 0.1) is 35.0 Å². The second-order valence-corrected chi connectivity index (χ2v) is 9.71. The number of carbonyl (C=O) groups is 2. The molecule has 1 fully saturated rings. The third-order valence-corrected chi connectivity index (χ3v) is 7.03. The van der Waals surface area contributed by atoms with E-state index in [1.807, 2.05) is 0 Å². The van der Waals surface area contributed by atoms with Gasteiger partial charge in [0.2, 0.25) is 0 Å². The molecule has 9 nitrogen and oxygen atoms in total. The normalized spacial score (nSPS) is 32.7. The molecule has 2 aromatic carbocycles. The molecule has 1 heterocycles. The molecule has 2 aromatic rings. The van der Waals surface area contributed by atoms with Crippen molar-refractivity contribution in [3.8, 4) is 11.5 Å². The van der Waals surface area contributed by atoms with Gasteiger partial charge in [0.25, 0.3) is 0 Å². The van der Waals surface area contributed by atoms with Crippen molar-refractivity contribution in [3.05, 3.63) is 57.6 Å². The number of carbonyl (C=O) groups excluding carboxylic acids is 2. The topological polar surface area (TPSA) is 160 Å². The second kappa shape index (κ2) is 7.86. The molecule has 1 aliphatic heterocycles. The van der Waals surface area contributed by atoms with E-state index < -0.39 is 59.3 Å². The largest absolute Gasteiger partial charge is 0.507 e. The van der Waals surface area contributed by atoms with Gasteiger partial charge in [0, 0.05) is 47.6 Å². The molecule has 0 bridgehead atoms. The van der Waals surface area contributed by atoms with Crippen LogP contribution >= 0.6 is 0 Å². The van der Waals surface area contributed by atoms with Gasteiger partial charge in [-0.1, -0.05) is 24.3 Å². The smallest absolute Gasteiger partial charge is 0.198 e. The zero-order chi connectivity index (χ0) is 24.5. The summed E-state index contributed by atoms with van der Waals surface area (Å²) in [6, 6.07) is 5.63. The summed E-state index contributed by atoms with van der Waals surface area (Å²) in [5.74, 6) is -2.06. The Hall–Kier alpha value is -2.82. The minimum Gasteiger partial charge on any atom is -0.507 e. The van der Waals surface area contributed by atoms with Crippen molar-refractivity contribution in [3.63, 3.8) is 0 Å². The van der Waals surface area contributed by atoms with E-state index in [1.165, 1.54) is 12.1 Å². The van der Waals surface area contributed by atoms with Gasteiger partial charge in [0.15, 0.2) is 17.9 Å². The maximum absolute atomic E-state index is 13.3. The lowest BCUT2D eigenvalue weighted by Crippen LogP contribution is -2.52. The van der Waals surface area contributed by atoms with Crippen LogP contribution in [0.2, 0.25) is 0 Å². The highest BCUT2D eigenvalue weighted by atomic mass is 16.7. The first-order valence-corrected chi connectivity index (χ1v) is 11.3. The van der Waals surface area contributed by atoms with E-state index in [4.69, 9.17) is 15.2 Å². The first-order chi connectivity index (χ1) is 16.0. The number of hydrogen-bond acceptors (Lipinski definition) is 9. The van der Waals surface area contributed by atoms with E-state index in [1.54, 1.807) is 26.0 Å². The van der Waals surface area contributed by atoms with Crippen LogP contribution in [-0.2, 0) is 15.9 Å². The summed E-state index contributed by atoms with van der Waals surface area (Å²) < 4.78 is 11.8. The summed E-state index contributed by atoms with van der Waals surface area (Å²) in [5.41, 5.74) is 4.68. The predicted molar refractivity (Wildman–Crippen MR) is 119 cm³/mol. The van der Waals surface area contributed by atoms with Crippen LogP contribution in [0.25, 0.3) is 0 Å². The zero-order valence-electron chi connectivity index (χ0n) is 18.8. The van der Waals surface area contributed by atoms with E-state index in [0.717, 1.165) is 0 Å². The summed E-state index contributed by atoms with van der Waals surface area (Å²) >= 11 is 0. The highest BCUT2D eigenvalue weighted by molar-refractivity contribution is 6.30. The molecule has 9 heteroatoms. The number of fused-ring (bicyclic) bond motifs is 3. The van der Waals surface area contributed by atoms with Crippen molar-refractivity contribution >= 4 is 11.6 Å². The van der Waals surface area contributed by atoms with E-state index in [9.17, 15) is 30.0 Å². The monoisotopic (exact) mass is 469 g/mol. The Morgan fingerprint density at radius 3 is 2.26 bits per heavy atom. The fourth-order valence-electron chi connectivity index (χ4n) is 5.34. The van der Waals surface area contributed by atoms with Gasteiger partial charge < -0.3 is 35.6 Å². The average Bonchev–Trinajstić information content (AvgIpc) is 2.77. The van der Waals surface area contributed by atoms with Crippen LogP contribution in [0.4, 0.5) is 0 Å². The Balaban J connectivity index is 1.63. The summed E-state index contributed by atoms with van der Waals surface area (Å²) in [6.07, 6.45) is -3.13. The molecule has 0 amide bonds. The number of ether oxygens (including phenoxy) is 2. The zero-order valence-corrected chi connectivity index (χ0v) is 18.8. The summed E-state index contributed by atoms with van der Waals surface area (Å²) in [5, 5.41) is 43.4. The lowest BCUT2D eigenvalue weighted by Gasteiger charge is -2.41. The molecular formula is C25H27NO8. The lowest BCUT2D eigenvalue weighted by molar-refractivity contribution is -0.247. The standard InChI is InChI=1S/C25H27NO8/c1-10-20(27)14(26)7-16(33-10)34-15-9-25(2,32)8-13-17(15)24(31)19-18(23(13)30)21(28)11-5-3-4-6-12(11)22(19)29/h3-6,10,14-16,20,27,30-32H,7-9,26H2,1-2H3/t10-,14+,15-,16-,20+,25-/m0/s1. The van der Waals surface area contributed by atoms with Crippen LogP contribution in [0.1, 0.15) is 75.8 Å². The SMILES string of the molecule is C[C@@H]1O[C@@H](O[C@H]2C[C@@](C)(O)Cc3c(O)c4c(c(O)c32)C(=O)c2ccccc2C4=O)C[C@@H](N)[C@@H]1O. The molecule has 0 aromatic heterocycles. The predicted octanol–water partition coefficient (Wildman–Crippen LogP) is 1.45. The number of nitrogens with two attached hydrogens (primary N) is 1. The van der Waals surface area contributed by atoms with E-state index in [2.05, 4.69) is 0 Å². The molecule has 1 saturated heterocycles. The molecule has 0 radical (unpaired) electrons. The van der Waals surface area contributed by atoms with Gasteiger partial charge in [-0.15, -0.1) is 0 Å². The van der Waals surface area contributed by atoms with E-state index >= 15 is 0 Å². The highest BCUT2D eigenvalue weighted by Crippen LogP contribution is 2.51. The molecule has 5 rings (SSSR count). The highest BCUT2D eigenvalue weighted by Gasteiger charge is 2.45. The number of phenolic OH excluding ortho intramolecular Hbond substituents is 2. The maximum Gasteiger partial charge on any atom is 0.198 e. The number of rotatable bonds is 2. The Kier molecular flexibility index (Phi) is 5.30. The van der Waals surface area contributed by atoms with E-state index in [0.29, 0.717) is 0 Å². The molecule has 2 aliphatic carbocycles. The Bertz CT molecular complexity index is 1190. The van der Waals surface area contributed by atoms with Gasteiger partial charge in [-0.05, 0) is 13.8 Å². The molecule has 3 aliphatic rings. The van der Waals surface area contributed by atoms with Crippen molar-refractivity contribution in [2.24, 2.45) is 5.73 Å². The summed E-state index contributed by atoms with van der Waals surface area (Å²) in [6.45, 7) is 3.22. The van der Waals surface area contributed by atoms with Crippen LogP contribution in [0.5, 0.6) is 11.5 Å². The van der Waals surface area contributed by atoms with Crippen LogP contribution in [0.3, 0.4) is 0 Å². The summed E-state index contributed by atoms with van der Waals surface area (Å²) in [7, 11) is 0. The van der Waals surface area contributed by atoms with Gasteiger partial charge in [-0.3, -0.25) is 9.59 Å². The van der Waals surface area contributed by atoms with Crippen molar-refractivity contribution < 1.29 is 39.5 Å². The molecule has 0 saturated carbocycles. The first kappa shape index (κ1) is 22.9. The Morgan fingerprint density at radius 2 is 1.68 bits per heavy atom. The van der Waals surface area contributed by atoms with Crippen molar-refractivity contribution in [2.45, 2.75) is 69.4 Å². The molecule has 6 atom stereocenters. The molecule has 0 spiro atoms. The number of benzene rings is 2. The lowest BCUT2D eigenvalue weighted by atomic mass is 9.73. The van der Waals surface area contributed by atoms with Crippen LogP contribution in [-0.4, -0.2) is 62.1 Å². The number of aromatic hydroxyl groups is 2. The maximum atomic E-state index is 13.3. The Morgan fingerprint density at radius 1 is 1.09 bits per heavy atom. The second-order valence-electron chi connectivity index (χ2n) is 9.71. The van der Waals surface area contributed by atoms with Crippen molar-refractivity contribution in [1.29, 1.82) is 0 Å². The number of phenols is 2. The minimum absolute atomic E-state index is 0.0382. The number of aliphatic hydroxyl groups excluding tert-OH is 1. The molecule has 180 valence electrons. The van der Waals surface area contributed by atoms with Crippen molar-refractivity contribution in [2.75, 3.05) is 0 Å². The van der Waals surface area contributed by atoms with Crippen molar-refractivity contribution in [1.82, 2.24) is 0 Å². The quantitative estimate of drug-likeness (QED) is 0.350. The fourth-order valence-corrected chi connectivity index (χ4v) is 5.34. The molecule has 6 N–H and O–H groups in total. The van der Waals surface area contributed by atoms with Gasteiger partial charge in [0.1, 0.15) is 11.5 Å². The average molecular weight is 469 g/mol. The number of ketones is 2. The van der Waals surface area contributed by atoms with Crippen LogP contribution in [0.15, 0.2) is 24.3 Å². The van der Waals surface area contributed by atoms with Crippen LogP contribution < -0.4 is 5.73 Å². The van der Waals surface area contributed by atoms with E-state index in [-0.39, 0.29) is 52.6 Å². The number of aliphatic hydroxyl groups is 2. The third kappa shape index (κ3) is 3.43. The van der Waals surface area contributed by atoms with Gasteiger partial charge in [-0.2, -0.15) is 0 Å². The van der Waals surface area contributed by atoms with Gasteiger partial charge >= 0.3 is 0 Å². The third-order valence-electron chi connectivity index (χ3n) is 7.03. The number of hydrogen-bond donors (Lipinski definition) is 5. The molecule has 34 heavy (non-hydrogen) atoms. The fraction of sp³-hybridized carbons (Fsp3) is 0.440. The van der Waals surface area contributed by atoms with Crippen LogP contribution in [0, 0.1) is 0 Å². The van der Waals surface area contributed by atoms with Gasteiger partial charge in [-0.25, -0.2) is 0 Å². The Labute approximate surface area is 195 Å². The minimum atomic E-state index is -1.34. The first-order valence-electron chi connectivity index (χ1n) is 11.3.